The first-order valence-corrected chi connectivity index (χ1v) is 9.97. The van der Waals surface area contributed by atoms with Crippen molar-refractivity contribution in [3.63, 3.8) is 0 Å². The fraction of sp³-hybridized carbons (Fsp3) is 0.611. The van der Waals surface area contributed by atoms with Gasteiger partial charge in [-0.15, -0.1) is 0 Å². The Morgan fingerprint density at radius 3 is 2.96 bits per heavy atom. The number of guanidine groups is 1. The van der Waals surface area contributed by atoms with Crippen LogP contribution in [0.1, 0.15) is 18.4 Å². The lowest BCUT2D eigenvalue weighted by Crippen LogP contribution is -2.53. The van der Waals surface area contributed by atoms with E-state index < -0.39 is 0 Å². The van der Waals surface area contributed by atoms with Crippen molar-refractivity contribution in [1.29, 1.82) is 0 Å². The maximum absolute atomic E-state index is 6.09. The van der Waals surface area contributed by atoms with Crippen LogP contribution in [-0.4, -0.2) is 63.0 Å². The third-order valence-corrected chi connectivity index (χ3v) is 5.68. The first-order valence-electron chi connectivity index (χ1n) is 8.80. The Labute approximate surface area is 162 Å². The van der Waals surface area contributed by atoms with Crippen LogP contribution in [0.4, 0.5) is 0 Å². The van der Waals surface area contributed by atoms with E-state index in [1.165, 1.54) is 5.56 Å². The van der Waals surface area contributed by atoms with E-state index in [1.54, 1.807) is 0 Å². The van der Waals surface area contributed by atoms with E-state index in [2.05, 4.69) is 31.1 Å². The van der Waals surface area contributed by atoms with Crippen molar-refractivity contribution in [3.05, 3.63) is 33.3 Å². The zero-order valence-electron chi connectivity index (χ0n) is 14.5. The van der Waals surface area contributed by atoms with Crippen molar-refractivity contribution in [2.75, 3.05) is 39.9 Å². The number of halogens is 2. The van der Waals surface area contributed by atoms with Gasteiger partial charge >= 0.3 is 0 Å². The molecule has 2 aliphatic heterocycles. The van der Waals surface area contributed by atoms with Crippen molar-refractivity contribution in [2.24, 2.45) is 4.99 Å². The van der Waals surface area contributed by atoms with E-state index in [9.17, 15) is 0 Å². The predicted molar refractivity (Wildman–Crippen MR) is 105 cm³/mol. The van der Waals surface area contributed by atoms with Gasteiger partial charge in [0.05, 0.1) is 12.7 Å². The lowest BCUT2D eigenvalue weighted by molar-refractivity contribution is -0.0816. The standard InChI is InChI=1S/C18H25BrClN3O2/c1-21-18(22-7-6-13-11-14(20)4-5-15(13)19)23-8-10-25-17(12-23)16-3-2-9-24-16/h4-5,11,16-17H,2-3,6-10,12H2,1H3,(H,21,22). The summed E-state index contributed by atoms with van der Waals surface area (Å²) in [5, 5.41) is 4.22. The highest BCUT2D eigenvalue weighted by molar-refractivity contribution is 9.10. The van der Waals surface area contributed by atoms with Gasteiger partial charge in [0.1, 0.15) is 6.10 Å². The molecule has 0 radical (unpaired) electrons. The van der Waals surface area contributed by atoms with Crippen LogP contribution in [0.3, 0.4) is 0 Å². The fourth-order valence-corrected chi connectivity index (χ4v) is 4.00. The molecule has 3 rings (SSSR count). The minimum absolute atomic E-state index is 0.136. The second kappa shape index (κ2) is 9.21. The van der Waals surface area contributed by atoms with Crippen LogP contribution in [0.5, 0.6) is 0 Å². The molecule has 2 saturated heterocycles. The smallest absolute Gasteiger partial charge is 0.193 e. The Hall–Kier alpha value is -0.820. The van der Waals surface area contributed by atoms with Crippen molar-refractivity contribution >= 4 is 33.5 Å². The molecule has 0 aliphatic carbocycles. The number of aliphatic imine (C=N–C) groups is 1. The molecule has 0 spiro atoms. The van der Waals surface area contributed by atoms with Crippen LogP contribution in [0, 0.1) is 0 Å². The normalized spacial score (nSPS) is 24.6. The van der Waals surface area contributed by atoms with Crippen LogP contribution >= 0.6 is 27.5 Å². The summed E-state index contributed by atoms with van der Waals surface area (Å²) >= 11 is 9.67. The van der Waals surface area contributed by atoms with E-state index in [0.717, 1.165) is 61.0 Å². The number of rotatable bonds is 4. The molecular formula is C18H25BrClN3O2. The fourth-order valence-electron chi connectivity index (χ4n) is 3.36. The average Bonchev–Trinajstić information content (AvgIpc) is 3.16. The van der Waals surface area contributed by atoms with Crippen LogP contribution in [-0.2, 0) is 15.9 Å². The summed E-state index contributed by atoms with van der Waals surface area (Å²) in [6.07, 6.45) is 3.46. The minimum atomic E-state index is 0.136. The average molecular weight is 431 g/mol. The predicted octanol–water partition coefficient (Wildman–Crippen LogP) is 3.10. The zero-order chi connectivity index (χ0) is 17.6. The number of nitrogens with one attached hydrogen (secondary N) is 1. The van der Waals surface area contributed by atoms with Crippen LogP contribution < -0.4 is 5.32 Å². The largest absolute Gasteiger partial charge is 0.375 e. The van der Waals surface area contributed by atoms with Gasteiger partial charge in [-0.3, -0.25) is 4.99 Å². The van der Waals surface area contributed by atoms with Crippen molar-refractivity contribution in [1.82, 2.24) is 10.2 Å². The van der Waals surface area contributed by atoms with Crippen LogP contribution in [0.25, 0.3) is 0 Å². The Morgan fingerprint density at radius 2 is 2.20 bits per heavy atom. The molecule has 2 aliphatic rings. The minimum Gasteiger partial charge on any atom is -0.375 e. The SMILES string of the molecule is CN=C(NCCc1cc(Cl)ccc1Br)N1CCOC(C2CCCO2)C1. The van der Waals surface area contributed by atoms with Crippen molar-refractivity contribution in [2.45, 2.75) is 31.5 Å². The summed E-state index contributed by atoms with van der Waals surface area (Å²) < 4.78 is 12.8. The molecule has 2 atom stereocenters. The molecule has 0 saturated carbocycles. The molecule has 0 aromatic heterocycles. The van der Waals surface area contributed by atoms with Crippen LogP contribution in [0.15, 0.2) is 27.7 Å². The molecule has 0 bridgehead atoms. The summed E-state index contributed by atoms with van der Waals surface area (Å²) in [7, 11) is 1.83. The summed E-state index contributed by atoms with van der Waals surface area (Å²) in [6, 6.07) is 5.87. The summed E-state index contributed by atoms with van der Waals surface area (Å²) in [5.41, 5.74) is 1.19. The lowest BCUT2D eigenvalue weighted by atomic mass is 10.1. The highest BCUT2D eigenvalue weighted by atomic mass is 79.9. The van der Waals surface area contributed by atoms with Gasteiger partial charge in [-0.1, -0.05) is 27.5 Å². The molecule has 2 unspecified atom stereocenters. The second-order valence-corrected chi connectivity index (χ2v) is 7.66. The monoisotopic (exact) mass is 429 g/mol. The number of nitrogens with zero attached hydrogens (tertiary/aromatic N) is 2. The third-order valence-electron chi connectivity index (χ3n) is 4.67. The van der Waals surface area contributed by atoms with Gasteiger partial charge in [-0.05, 0) is 43.0 Å². The van der Waals surface area contributed by atoms with Gasteiger partial charge in [0.2, 0.25) is 0 Å². The Kier molecular flexibility index (Phi) is 6.99. The zero-order valence-corrected chi connectivity index (χ0v) is 16.9. The molecule has 7 heteroatoms. The second-order valence-electron chi connectivity index (χ2n) is 6.37. The number of hydrogen-bond donors (Lipinski definition) is 1. The molecule has 1 aromatic carbocycles. The van der Waals surface area contributed by atoms with Gasteiger partial charge in [-0.25, -0.2) is 0 Å². The first-order chi connectivity index (χ1) is 12.2. The van der Waals surface area contributed by atoms with Gasteiger partial charge in [0.15, 0.2) is 5.96 Å². The summed E-state index contributed by atoms with van der Waals surface area (Å²) in [4.78, 5) is 6.71. The molecular weight excluding hydrogens is 406 g/mol. The van der Waals surface area contributed by atoms with E-state index >= 15 is 0 Å². The molecule has 2 heterocycles. The number of hydrogen-bond acceptors (Lipinski definition) is 3. The molecule has 2 fully saturated rings. The summed E-state index contributed by atoms with van der Waals surface area (Å²) in [5.74, 6) is 0.921. The van der Waals surface area contributed by atoms with E-state index in [-0.39, 0.29) is 12.2 Å². The van der Waals surface area contributed by atoms with Gasteiger partial charge in [-0.2, -0.15) is 0 Å². The molecule has 1 N–H and O–H groups in total. The van der Waals surface area contributed by atoms with Gasteiger partial charge < -0.3 is 19.7 Å². The van der Waals surface area contributed by atoms with Crippen molar-refractivity contribution in [3.8, 4) is 0 Å². The van der Waals surface area contributed by atoms with E-state index in [0.29, 0.717) is 6.61 Å². The molecule has 25 heavy (non-hydrogen) atoms. The van der Waals surface area contributed by atoms with Gasteiger partial charge in [0, 0.05) is 42.8 Å². The number of ether oxygens (including phenoxy) is 2. The van der Waals surface area contributed by atoms with Crippen LogP contribution in [0.2, 0.25) is 5.02 Å². The lowest BCUT2D eigenvalue weighted by Gasteiger charge is -2.37. The number of benzene rings is 1. The third kappa shape index (κ3) is 5.09. The number of morpholine rings is 1. The van der Waals surface area contributed by atoms with E-state index in [1.807, 2.05) is 25.2 Å². The first kappa shape index (κ1) is 19.0. The van der Waals surface area contributed by atoms with E-state index in [4.69, 9.17) is 21.1 Å². The van der Waals surface area contributed by atoms with Crippen molar-refractivity contribution < 1.29 is 9.47 Å². The molecule has 138 valence electrons. The summed E-state index contributed by atoms with van der Waals surface area (Å²) in [6.45, 7) is 4.04. The van der Waals surface area contributed by atoms with Gasteiger partial charge in [0.25, 0.3) is 0 Å². The molecule has 5 nitrogen and oxygen atoms in total. The maximum Gasteiger partial charge on any atom is 0.193 e. The topological polar surface area (TPSA) is 46.1 Å². The Morgan fingerprint density at radius 1 is 1.36 bits per heavy atom. The molecule has 0 amide bonds. The Bertz CT molecular complexity index is 608. The Balaban J connectivity index is 1.52. The maximum atomic E-state index is 6.09. The highest BCUT2D eigenvalue weighted by Crippen LogP contribution is 2.22. The highest BCUT2D eigenvalue weighted by Gasteiger charge is 2.32. The quantitative estimate of drug-likeness (QED) is 0.589. The molecule has 1 aromatic rings.